The Morgan fingerprint density at radius 2 is 1.42 bits per heavy atom. The highest BCUT2D eigenvalue weighted by Crippen LogP contribution is 2.31. The summed E-state index contributed by atoms with van der Waals surface area (Å²) in [6, 6.07) is 15.0. The summed E-state index contributed by atoms with van der Waals surface area (Å²) >= 11 is 0. The minimum absolute atomic E-state index is 1.02. The van der Waals surface area contributed by atoms with Crippen LogP contribution in [0.15, 0.2) is 55.6 Å². The lowest BCUT2D eigenvalue weighted by Crippen LogP contribution is -1.97. The number of rotatable bonds is 4. The van der Waals surface area contributed by atoms with Gasteiger partial charge in [0, 0.05) is 0 Å². The fourth-order valence-corrected chi connectivity index (χ4v) is 2.54. The summed E-state index contributed by atoms with van der Waals surface area (Å²) in [4.78, 5) is 0. The topological polar surface area (TPSA) is 0 Å². The van der Waals surface area contributed by atoms with Crippen molar-refractivity contribution in [3.63, 3.8) is 0 Å². The van der Waals surface area contributed by atoms with E-state index >= 15 is 0 Å². The van der Waals surface area contributed by atoms with E-state index in [4.69, 9.17) is 0 Å². The second-order valence-electron chi connectivity index (χ2n) is 5.32. The summed E-state index contributed by atoms with van der Waals surface area (Å²) in [6.45, 7) is 22.8. The maximum absolute atomic E-state index is 4.34. The van der Waals surface area contributed by atoms with E-state index in [2.05, 4.69) is 76.4 Å². The first kappa shape index (κ1) is 21.9. The van der Waals surface area contributed by atoms with Crippen molar-refractivity contribution in [1.29, 1.82) is 0 Å². The van der Waals surface area contributed by atoms with Crippen molar-refractivity contribution >= 4 is 11.1 Å². The van der Waals surface area contributed by atoms with Crippen molar-refractivity contribution in [3.05, 3.63) is 83.4 Å². The van der Waals surface area contributed by atoms with E-state index < -0.39 is 0 Å². The minimum Gasteiger partial charge on any atom is -0.0955 e. The van der Waals surface area contributed by atoms with Crippen LogP contribution in [0, 0.1) is 6.92 Å². The molecule has 0 heteroatoms. The highest BCUT2D eigenvalue weighted by Gasteiger charge is 2.11. The zero-order chi connectivity index (χ0) is 18.7. The van der Waals surface area contributed by atoms with Gasteiger partial charge in [-0.25, -0.2) is 0 Å². The van der Waals surface area contributed by atoms with Crippen LogP contribution in [-0.4, -0.2) is 0 Å². The van der Waals surface area contributed by atoms with Crippen LogP contribution in [0.1, 0.15) is 69.4 Å². The van der Waals surface area contributed by atoms with Crippen molar-refractivity contribution < 1.29 is 0 Å². The quantitative estimate of drug-likeness (QED) is 0.541. The van der Waals surface area contributed by atoms with Crippen molar-refractivity contribution in [1.82, 2.24) is 0 Å². The summed E-state index contributed by atoms with van der Waals surface area (Å²) in [6.07, 6.45) is 1.02. The van der Waals surface area contributed by atoms with E-state index in [1.807, 2.05) is 27.7 Å². The minimum atomic E-state index is 1.02. The fraction of sp³-hybridized carbons (Fsp3) is 0.333. The van der Waals surface area contributed by atoms with Gasteiger partial charge in [0.05, 0.1) is 0 Å². The third-order valence-electron chi connectivity index (χ3n) is 3.68. The molecule has 2 aromatic rings. The van der Waals surface area contributed by atoms with Gasteiger partial charge in [0.1, 0.15) is 0 Å². The summed E-state index contributed by atoms with van der Waals surface area (Å²) in [5.74, 6) is 0. The number of aryl methyl sites for hydroxylation is 2. The lowest BCUT2D eigenvalue weighted by Gasteiger charge is -2.16. The third kappa shape index (κ3) is 5.53. The highest BCUT2D eigenvalue weighted by atomic mass is 14.2. The summed E-state index contributed by atoms with van der Waals surface area (Å²) < 4.78 is 0. The van der Waals surface area contributed by atoms with E-state index in [9.17, 15) is 0 Å². The molecule has 0 aliphatic carbocycles. The van der Waals surface area contributed by atoms with Gasteiger partial charge in [-0.1, -0.05) is 101 Å². The Hall–Kier alpha value is -2.08. The molecule has 2 aromatic carbocycles. The van der Waals surface area contributed by atoms with Crippen molar-refractivity contribution in [3.8, 4) is 0 Å². The fourth-order valence-electron chi connectivity index (χ4n) is 2.54. The number of hydrogen-bond acceptors (Lipinski definition) is 0. The molecule has 0 spiro atoms. The first-order valence-electron chi connectivity index (χ1n) is 9.08. The molecule has 0 aliphatic heterocycles. The lowest BCUT2D eigenvalue weighted by atomic mass is 9.89. The Morgan fingerprint density at radius 3 is 1.96 bits per heavy atom. The molecule has 0 atom stereocenters. The standard InChI is InChI=1S/C20H22.2C2H6/c1-6-17-9-7-8-10-18(17)16(5)19-12-11-15(4)13-20(19)14(2)3;2*1-2/h7-13H,2,5-6H2,1,3-4H3;2*1-2H3. The molecule has 0 N–H and O–H groups in total. The van der Waals surface area contributed by atoms with Crippen LogP contribution >= 0.6 is 0 Å². The van der Waals surface area contributed by atoms with Gasteiger partial charge in [-0.15, -0.1) is 0 Å². The molecule has 0 saturated carbocycles. The molecule has 0 nitrogen and oxygen atoms in total. The molecule has 130 valence electrons. The van der Waals surface area contributed by atoms with Crippen molar-refractivity contribution in [2.45, 2.75) is 54.9 Å². The Kier molecular flexibility index (Phi) is 10.5. The van der Waals surface area contributed by atoms with Gasteiger partial charge in [-0.3, -0.25) is 0 Å². The molecule has 0 amide bonds. The van der Waals surface area contributed by atoms with Crippen LogP contribution in [0.3, 0.4) is 0 Å². The second-order valence-corrected chi connectivity index (χ2v) is 5.32. The number of allylic oxidation sites excluding steroid dienone is 1. The van der Waals surface area contributed by atoms with Gasteiger partial charge in [-0.2, -0.15) is 0 Å². The van der Waals surface area contributed by atoms with Crippen LogP contribution < -0.4 is 0 Å². The van der Waals surface area contributed by atoms with Gasteiger partial charge in [0.25, 0.3) is 0 Å². The van der Waals surface area contributed by atoms with E-state index in [0.29, 0.717) is 0 Å². The Labute approximate surface area is 150 Å². The SMILES string of the molecule is C=C(C)c1cc(C)ccc1C(=C)c1ccccc1CC.CC.CC. The Morgan fingerprint density at radius 1 is 0.833 bits per heavy atom. The lowest BCUT2D eigenvalue weighted by molar-refractivity contribution is 1.13. The van der Waals surface area contributed by atoms with Crippen LogP contribution in [-0.2, 0) is 6.42 Å². The van der Waals surface area contributed by atoms with Crippen LogP contribution in [0.5, 0.6) is 0 Å². The van der Waals surface area contributed by atoms with Gasteiger partial charge in [0.2, 0.25) is 0 Å². The predicted molar refractivity (Wildman–Crippen MR) is 113 cm³/mol. The van der Waals surface area contributed by atoms with E-state index in [1.54, 1.807) is 0 Å². The first-order chi connectivity index (χ1) is 11.5. The van der Waals surface area contributed by atoms with E-state index in [0.717, 1.165) is 17.6 Å². The Bertz CT molecular complexity index is 659. The maximum atomic E-state index is 4.34. The molecule has 0 fully saturated rings. The van der Waals surface area contributed by atoms with E-state index in [1.165, 1.54) is 27.8 Å². The Balaban J connectivity index is 0.00000123. The smallest absolute Gasteiger partial charge is 0.0109 e. The molecule has 0 saturated heterocycles. The van der Waals surface area contributed by atoms with Gasteiger partial charge < -0.3 is 0 Å². The highest BCUT2D eigenvalue weighted by molar-refractivity contribution is 5.86. The number of hydrogen-bond donors (Lipinski definition) is 0. The molecule has 0 heterocycles. The average Bonchev–Trinajstić information content (AvgIpc) is 2.64. The molecular formula is C24H34. The maximum Gasteiger partial charge on any atom is -0.0109 e. The van der Waals surface area contributed by atoms with Crippen molar-refractivity contribution in [2.24, 2.45) is 0 Å². The van der Waals surface area contributed by atoms with Gasteiger partial charge in [0.15, 0.2) is 0 Å². The molecule has 24 heavy (non-hydrogen) atoms. The second kappa shape index (κ2) is 11.5. The molecular weight excluding hydrogens is 288 g/mol. The molecule has 2 rings (SSSR count). The summed E-state index contributed by atoms with van der Waals surface area (Å²) in [7, 11) is 0. The van der Waals surface area contributed by atoms with Gasteiger partial charge in [-0.05, 0) is 48.1 Å². The normalized spacial score (nSPS) is 9.12. The molecule has 0 aromatic heterocycles. The van der Waals surface area contributed by atoms with Gasteiger partial charge >= 0.3 is 0 Å². The number of benzene rings is 2. The molecule has 0 unspecified atom stereocenters. The van der Waals surface area contributed by atoms with Crippen molar-refractivity contribution in [2.75, 3.05) is 0 Å². The zero-order valence-corrected chi connectivity index (χ0v) is 16.7. The summed E-state index contributed by atoms with van der Waals surface area (Å²) in [5, 5.41) is 0. The summed E-state index contributed by atoms with van der Waals surface area (Å²) in [5.41, 5.74) is 8.37. The predicted octanol–water partition coefficient (Wildman–Crippen LogP) is 7.70. The zero-order valence-electron chi connectivity index (χ0n) is 16.7. The van der Waals surface area contributed by atoms with E-state index in [-0.39, 0.29) is 0 Å². The third-order valence-corrected chi connectivity index (χ3v) is 3.68. The van der Waals surface area contributed by atoms with Crippen LogP contribution in [0.2, 0.25) is 0 Å². The van der Waals surface area contributed by atoms with Crippen LogP contribution in [0.25, 0.3) is 11.1 Å². The van der Waals surface area contributed by atoms with Crippen LogP contribution in [0.4, 0.5) is 0 Å². The largest absolute Gasteiger partial charge is 0.0955 e. The average molecular weight is 323 g/mol. The monoisotopic (exact) mass is 322 g/mol. The molecule has 0 aliphatic rings. The molecule has 0 bridgehead atoms. The first-order valence-corrected chi connectivity index (χ1v) is 9.08. The molecule has 0 radical (unpaired) electrons.